The lowest BCUT2D eigenvalue weighted by Gasteiger charge is -2.12. The Kier molecular flexibility index (Phi) is 3.92. The Bertz CT molecular complexity index is 594. The molecule has 8 nitrogen and oxygen atoms in total. The van der Waals surface area contributed by atoms with E-state index in [1.165, 1.54) is 0 Å². The molecule has 2 aromatic heterocycles. The number of aromatic nitrogens is 5. The minimum Gasteiger partial charge on any atom is -0.384 e. The molecule has 8 heteroatoms. The first kappa shape index (κ1) is 13.9. The minimum atomic E-state index is -0.349. The smallest absolute Gasteiger partial charge is 0.252 e. The molecule has 20 heavy (non-hydrogen) atoms. The standard InChI is InChI=1S/C12H17N7O/c1-6(2)9-4-8(5-10(13)15-9)12(20)14-7(3)11-16-18-19-17-11/h4-7H,1-3H3,(H2,13,15)(H,14,20)(H,16,17,18,19). The third kappa shape index (κ3) is 3.08. The molecular weight excluding hydrogens is 258 g/mol. The van der Waals surface area contributed by atoms with Crippen molar-refractivity contribution in [1.82, 2.24) is 30.9 Å². The van der Waals surface area contributed by atoms with E-state index in [2.05, 4.69) is 30.9 Å². The summed E-state index contributed by atoms with van der Waals surface area (Å²) < 4.78 is 0. The maximum absolute atomic E-state index is 12.2. The van der Waals surface area contributed by atoms with Gasteiger partial charge in [0.25, 0.3) is 5.91 Å². The number of anilines is 1. The zero-order chi connectivity index (χ0) is 14.7. The number of nitrogens with one attached hydrogen (secondary N) is 2. The van der Waals surface area contributed by atoms with E-state index in [0.717, 1.165) is 5.69 Å². The SMILES string of the molecule is CC(C)c1cc(C(=O)NC(C)c2nn[nH]n2)cc(N)n1. The van der Waals surface area contributed by atoms with E-state index >= 15 is 0 Å². The molecule has 0 bridgehead atoms. The lowest BCUT2D eigenvalue weighted by Crippen LogP contribution is -2.27. The molecule has 0 aliphatic rings. The first-order chi connectivity index (χ1) is 9.47. The first-order valence-electron chi connectivity index (χ1n) is 6.29. The number of nitrogen functional groups attached to an aromatic ring is 1. The van der Waals surface area contributed by atoms with Gasteiger partial charge in [-0.2, -0.15) is 5.21 Å². The number of nitrogens with two attached hydrogens (primary N) is 1. The third-order valence-electron chi connectivity index (χ3n) is 2.82. The van der Waals surface area contributed by atoms with Gasteiger partial charge in [0.05, 0.1) is 6.04 Å². The molecule has 0 radical (unpaired) electrons. The van der Waals surface area contributed by atoms with Gasteiger partial charge in [0.2, 0.25) is 0 Å². The maximum Gasteiger partial charge on any atom is 0.252 e. The number of rotatable bonds is 4. The summed E-state index contributed by atoms with van der Waals surface area (Å²) in [6.45, 7) is 5.76. The van der Waals surface area contributed by atoms with Crippen molar-refractivity contribution in [2.75, 3.05) is 5.73 Å². The Morgan fingerprint density at radius 2 is 2.10 bits per heavy atom. The Morgan fingerprint density at radius 1 is 1.35 bits per heavy atom. The molecule has 2 heterocycles. The van der Waals surface area contributed by atoms with Gasteiger partial charge in [-0.25, -0.2) is 4.98 Å². The number of hydrogen-bond acceptors (Lipinski definition) is 6. The van der Waals surface area contributed by atoms with E-state index < -0.39 is 0 Å². The molecule has 0 aliphatic heterocycles. The fourth-order valence-electron chi connectivity index (χ4n) is 1.70. The zero-order valence-corrected chi connectivity index (χ0v) is 11.6. The van der Waals surface area contributed by atoms with Gasteiger partial charge in [0, 0.05) is 11.3 Å². The fraction of sp³-hybridized carbons (Fsp3) is 0.417. The first-order valence-corrected chi connectivity index (χ1v) is 6.29. The number of tetrazole rings is 1. The van der Waals surface area contributed by atoms with Crippen LogP contribution in [0, 0.1) is 0 Å². The van der Waals surface area contributed by atoms with Gasteiger partial charge in [-0.3, -0.25) is 4.79 Å². The van der Waals surface area contributed by atoms with Crippen LogP contribution in [0.25, 0.3) is 0 Å². The second-order valence-corrected chi connectivity index (χ2v) is 4.83. The van der Waals surface area contributed by atoms with Crippen molar-refractivity contribution in [1.29, 1.82) is 0 Å². The molecule has 0 saturated heterocycles. The summed E-state index contributed by atoms with van der Waals surface area (Å²) >= 11 is 0. The molecule has 1 amide bonds. The van der Waals surface area contributed by atoms with Crippen LogP contribution in [0.4, 0.5) is 5.82 Å². The van der Waals surface area contributed by atoms with Crippen LogP contribution in [0.1, 0.15) is 54.6 Å². The van der Waals surface area contributed by atoms with E-state index in [4.69, 9.17) is 5.73 Å². The molecule has 2 aromatic rings. The minimum absolute atomic E-state index is 0.194. The second kappa shape index (κ2) is 5.64. The van der Waals surface area contributed by atoms with Crippen molar-refractivity contribution in [2.24, 2.45) is 0 Å². The lowest BCUT2D eigenvalue weighted by atomic mass is 10.1. The van der Waals surface area contributed by atoms with Crippen molar-refractivity contribution in [3.8, 4) is 0 Å². The van der Waals surface area contributed by atoms with Gasteiger partial charge in [-0.05, 0) is 25.0 Å². The van der Waals surface area contributed by atoms with E-state index in [1.54, 1.807) is 19.1 Å². The highest BCUT2D eigenvalue weighted by Crippen LogP contribution is 2.16. The van der Waals surface area contributed by atoms with Crippen molar-refractivity contribution in [3.63, 3.8) is 0 Å². The van der Waals surface area contributed by atoms with E-state index in [0.29, 0.717) is 17.2 Å². The molecule has 1 unspecified atom stereocenters. The number of carbonyl (C=O) groups excluding carboxylic acids is 1. The molecule has 0 aliphatic carbocycles. The number of H-pyrrole nitrogens is 1. The summed E-state index contributed by atoms with van der Waals surface area (Å²) in [6.07, 6.45) is 0. The fourth-order valence-corrected chi connectivity index (χ4v) is 1.70. The van der Waals surface area contributed by atoms with Crippen molar-refractivity contribution < 1.29 is 4.79 Å². The normalized spacial score (nSPS) is 12.4. The molecule has 0 spiro atoms. The van der Waals surface area contributed by atoms with Crippen molar-refractivity contribution in [2.45, 2.75) is 32.7 Å². The van der Waals surface area contributed by atoms with Gasteiger partial charge in [-0.1, -0.05) is 19.1 Å². The summed E-state index contributed by atoms with van der Waals surface area (Å²) in [5.74, 6) is 0.691. The largest absolute Gasteiger partial charge is 0.384 e. The predicted molar refractivity (Wildman–Crippen MR) is 72.8 cm³/mol. The van der Waals surface area contributed by atoms with E-state index in [-0.39, 0.29) is 17.9 Å². The van der Waals surface area contributed by atoms with Gasteiger partial charge < -0.3 is 11.1 Å². The summed E-state index contributed by atoms with van der Waals surface area (Å²) in [5.41, 5.74) is 6.98. The second-order valence-electron chi connectivity index (χ2n) is 4.83. The van der Waals surface area contributed by atoms with Crippen LogP contribution in [-0.2, 0) is 0 Å². The molecular formula is C12H17N7O. The van der Waals surface area contributed by atoms with Crippen molar-refractivity contribution >= 4 is 11.7 Å². The number of nitrogens with zero attached hydrogens (tertiary/aromatic N) is 4. The summed E-state index contributed by atoms with van der Waals surface area (Å²) in [6, 6.07) is 2.93. The Balaban J connectivity index is 2.17. The number of carbonyl (C=O) groups is 1. The third-order valence-corrected chi connectivity index (χ3v) is 2.82. The zero-order valence-electron chi connectivity index (χ0n) is 11.6. The Hall–Kier alpha value is -2.51. The van der Waals surface area contributed by atoms with Crippen LogP contribution in [0.15, 0.2) is 12.1 Å². The highest BCUT2D eigenvalue weighted by Gasteiger charge is 2.16. The monoisotopic (exact) mass is 275 g/mol. The van der Waals surface area contributed by atoms with E-state index in [9.17, 15) is 4.79 Å². The van der Waals surface area contributed by atoms with Gasteiger partial charge >= 0.3 is 0 Å². The quantitative estimate of drug-likeness (QED) is 0.758. The van der Waals surface area contributed by atoms with Crippen LogP contribution in [0.3, 0.4) is 0 Å². The van der Waals surface area contributed by atoms with Crippen LogP contribution >= 0.6 is 0 Å². The summed E-state index contributed by atoms with van der Waals surface area (Å²) in [7, 11) is 0. The van der Waals surface area contributed by atoms with Crippen LogP contribution in [0.2, 0.25) is 0 Å². The van der Waals surface area contributed by atoms with E-state index in [1.807, 2.05) is 13.8 Å². The number of amides is 1. The van der Waals surface area contributed by atoms with Crippen LogP contribution in [0.5, 0.6) is 0 Å². The Labute approximate surface area is 116 Å². The average molecular weight is 275 g/mol. The summed E-state index contributed by atoms with van der Waals surface area (Å²) in [5, 5.41) is 16.2. The maximum atomic E-state index is 12.2. The van der Waals surface area contributed by atoms with Gasteiger partial charge in [0.1, 0.15) is 5.82 Å². The molecule has 1 atom stereocenters. The molecule has 0 fully saturated rings. The predicted octanol–water partition coefficient (Wildman–Crippen LogP) is 0.791. The van der Waals surface area contributed by atoms with Gasteiger partial charge in [0.15, 0.2) is 5.82 Å². The summed E-state index contributed by atoms with van der Waals surface area (Å²) in [4.78, 5) is 16.4. The molecule has 0 aromatic carbocycles. The lowest BCUT2D eigenvalue weighted by molar-refractivity contribution is 0.0938. The number of pyridine rings is 1. The molecule has 0 saturated carbocycles. The van der Waals surface area contributed by atoms with Gasteiger partial charge in [-0.15, -0.1) is 10.2 Å². The highest BCUT2D eigenvalue weighted by atomic mass is 16.1. The van der Waals surface area contributed by atoms with Crippen molar-refractivity contribution in [3.05, 3.63) is 29.2 Å². The van der Waals surface area contributed by atoms with Crippen LogP contribution < -0.4 is 11.1 Å². The Morgan fingerprint density at radius 3 is 2.70 bits per heavy atom. The molecule has 4 N–H and O–H groups in total. The number of hydrogen-bond donors (Lipinski definition) is 3. The topological polar surface area (TPSA) is 122 Å². The average Bonchev–Trinajstić information content (AvgIpc) is 2.91. The van der Waals surface area contributed by atoms with Crippen LogP contribution in [-0.4, -0.2) is 31.5 Å². The number of aromatic amines is 1. The highest BCUT2D eigenvalue weighted by molar-refractivity contribution is 5.95. The molecule has 106 valence electrons. The molecule has 2 rings (SSSR count).